The molecule has 34 heavy (non-hydrogen) atoms. The smallest absolute Gasteiger partial charge is 0.289 e. The lowest BCUT2D eigenvalue weighted by atomic mass is 9.93. The van der Waals surface area contributed by atoms with Crippen molar-refractivity contribution in [2.75, 3.05) is 27.9 Å². The molecule has 1 heterocycles. The van der Waals surface area contributed by atoms with Crippen molar-refractivity contribution in [3.8, 4) is 17.2 Å². The number of ether oxygens (including phenoxy) is 3. The maximum Gasteiger partial charge on any atom is 0.289 e. The van der Waals surface area contributed by atoms with Crippen LogP contribution >= 0.6 is 0 Å². The van der Waals surface area contributed by atoms with Gasteiger partial charge in [-0.2, -0.15) is 0 Å². The fraction of sp³-hybridized carbons (Fsp3) is 0.222. The van der Waals surface area contributed by atoms with E-state index in [0.717, 1.165) is 5.56 Å². The summed E-state index contributed by atoms with van der Waals surface area (Å²) in [5.74, 6) is 0.454. The molecule has 0 saturated heterocycles. The highest BCUT2D eigenvalue weighted by molar-refractivity contribution is 6.05. The number of carbonyl (C=O) groups is 1. The number of methoxy groups -OCH3 is 3. The van der Waals surface area contributed by atoms with Crippen molar-refractivity contribution in [2.24, 2.45) is 0 Å². The number of halogens is 1. The van der Waals surface area contributed by atoms with Crippen LogP contribution in [0.25, 0.3) is 5.57 Å². The van der Waals surface area contributed by atoms with Gasteiger partial charge >= 0.3 is 0 Å². The highest BCUT2D eigenvalue weighted by atomic mass is 19.1. The summed E-state index contributed by atoms with van der Waals surface area (Å²) in [7, 11) is 4.68. The first-order chi connectivity index (χ1) is 16.5. The molecule has 0 radical (unpaired) electrons. The summed E-state index contributed by atoms with van der Waals surface area (Å²) in [6, 6.07) is 18.0. The van der Waals surface area contributed by atoms with E-state index in [1.165, 1.54) is 11.0 Å². The van der Waals surface area contributed by atoms with Gasteiger partial charge in [-0.05, 0) is 47.9 Å². The SMILES string of the molecule is COc1ccc(C2=C(O)C(=O)N(CCc3ccc(OC)c(OC)c3)C2c2ccccc2F)cc1. The Bertz CT molecular complexity index is 1220. The van der Waals surface area contributed by atoms with Gasteiger partial charge in [0.15, 0.2) is 17.3 Å². The van der Waals surface area contributed by atoms with Crippen molar-refractivity contribution in [3.05, 3.63) is 95.0 Å². The Morgan fingerprint density at radius 2 is 1.62 bits per heavy atom. The van der Waals surface area contributed by atoms with Crippen molar-refractivity contribution in [1.29, 1.82) is 0 Å². The molecule has 7 heteroatoms. The number of benzene rings is 3. The van der Waals surface area contributed by atoms with Gasteiger partial charge in [-0.15, -0.1) is 0 Å². The average Bonchev–Trinajstić information content (AvgIpc) is 3.12. The number of aliphatic hydroxyl groups is 1. The van der Waals surface area contributed by atoms with Crippen molar-refractivity contribution in [2.45, 2.75) is 12.5 Å². The van der Waals surface area contributed by atoms with Crippen molar-refractivity contribution in [3.63, 3.8) is 0 Å². The molecule has 1 atom stereocenters. The summed E-state index contributed by atoms with van der Waals surface area (Å²) in [5, 5.41) is 10.9. The topological polar surface area (TPSA) is 68.2 Å². The normalized spacial score (nSPS) is 15.6. The fourth-order valence-electron chi connectivity index (χ4n) is 4.26. The van der Waals surface area contributed by atoms with E-state index in [0.29, 0.717) is 40.4 Å². The first-order valence-electron chi connectivity index (χ1n) is 10.8. The Labute approximate surface area is 197 Å². The largest absolute Gasteiger partial charge is 0.503 e. The minimum Gasteiger partial charge on any atom is -0.503 e. The average molecular weight is 464 g/mol. The fourth-order valence-corrected chi connectivity index (χ4v) is 4.26. The van der Waals surface area contributed by atoms with E-state index in [4.69, 9.17) is 14.2 Å². The van der Waals surface area contributed by atoms with Gasteiger partial charge < -0.3 is 24.2 Å². The van der Waals surface area contributed by atoms with Crippen LogP contribution in [0.3, 0.4) is 0 Å². The number of hydrogen-bond donors (Lipinski definition) is 1. The third-order valence-corrected chi connectivity index (χ3v) is 5.99. The zero-order valence-corrected chi connectivity index (χ0v) is 19.2. The minimum atomic E-state index is -0.776. The van der Waals surface area contributed by atoms with Gasteiger partial charge in [0.1, 0.15) is 11.6 Å². The van der Waals surface area contributed by atoms with E-state index < -0.39 is 17.8 Å². The van der Waals surface area contributed by atoms with Crippen LogP contribution in [0.5, 0.6) is 17.2 Å². The standard InChI is InChI=1S/C27H26FNO5/c1-32-19-11-9-18(10-12-19)24-25(20-6-4-5-7-21(20)28)29(27(31)26(24)30)15-14-17-8-13-22(33-2)23(16-17)34-3/h4-13,16,25,30H,14-15H2,1-3H3. The molecule has 4 rings (SSSR count). The van der Waals surface area contributed by atoms with Gasteiger partial charge in [0.25, 0.3) is 5.91 Å². The van der Waals surface area contributed by atoms with Crippen LogP contribution in [0.4, 0.5) is 4.39 Å². The van der Waals surface area contributed by atoms with Crippen LogP contribution in [0.2, 0.25) is 0 Å². The van der Waals surface area contributed by atoms with Gasteiger partial charge in [0, 0.05) is 17.7 Å². The highest BCUT2D eigenvalue weighted by Crippen LogP contribution is 2.44. The second-order valence-electron chi connectivity index (χ2n) is 7.85. The van der Waals surface area contributed by atoms with E-state index in [-0.39, 0.29) is 12.3 Å². The Balaban J connectivity index is 1.70. The molecule has 1 aliphatic heterocycles. The van der Waals surface area contributed by atoms with Crippen molar-refractivity contribution >= 4 is 11.5 Å². The third-order valence-electron chi connectivity index (χ3n) is 5.99. The molecule has 0 fully saturated rings. The minimum absolute atomic E-state index is 0.261. The number of amides is 1. The number of hydrogen-bond acceptors (Lipinski definition) is 5. The van der Waals surface area contributed by atoms with Crippen LogP contribution < -0.4 is 14.2 Å². The lowest BCUT2D eigenvalue weighted by Gasteiger charge is -2.28. The summed E-state index contributed by atoms with van der Waals surface area (Å²) in [5.41, 5.74) is 2.21. The summed E-state index contributed by atoms with van der Waals surface area (Å²) in [6.45, 7) is 0.261. The van der Waals surface area contributed by atoms with Gasteiger partial charge in [0.05, 0.1) is 27.4 Å². The van der Waals surface area contributed by atoms with Gasteiger partial charge in [0.2, 0.25) is 0 Å². The molecular weight excluding hydrogens is 437 g/mol. The van der Waals surface area contributed by atoms with E-state index in [9.17, 15) is 14.3 Å². The van der Waals surface area contributed by atoms with Crippen LogP contribution in [0, 0.1) is 5.82 Å². The molecule has 1 amide bonds. The molecule has 1 unspecified atom stereocenters. The van der Waals surface area contributed by atoms with Crippen LogP contribution in [0.1, 0.15) is 22.7 Å². The number of aliphatic hydroxyl groups excluding tert-OH is 1. The van der Waals surface area contributed by atoms with Gasteiger partial charge in [-0.3, -0.25) is 4.79 Å². The van der Waals surface area contributed by atoms with Crippen LogP contribution in [-0.2, 0) is 11.2 Å². The molecule has 6 nitrogen and oxygen atoms in total. The molecule has 0 saturated carbocycles. The predicted octanol–water partition coefficient (Wildman–Crippen LogP) is 4.95. The lowest BCUT2D eigenvalue weighted by molar-refractivity contribution is -0.129. The summed E-state index contributed by atoms with van der Waals surface area (Å²) >= 11 is 0. The molecular formula is C27H26FNO5. The van der Waals surface area contributed by atoms with Crippen LogP contribution in [-0.4, -0.2) is 43.8 Å². The molecule has 1 N–H and O–H groups in total. The predicted molar refractivity (Wildman–Crippen MR) is 127 cm³/mol. The van der Waals surface area contributed by atoms with E-state index in [1.807, 2.05) is 12.1 Å². The first-order valence-corrected chi connectivity index (χ1v) is 10.8. The monoisotopic (exact) mass is 463 g/mol. The summed E-state index contributed by atoms with van der Waals surface area (Å²) in [6.07, 6.45) is 0.472. The molecule has 0 bridgehead atoms. The van der Waals surface area contributed by atoms with E-state index in [2.05, 4.69) is 0 Å². The Kier molecular flexibility index (Phi) is 6.72. The molecule has 3 aromatic rings. The highest BCUT2D eigenvalue weighted by Gasteiger charge is 2.41. The molecule has 3 aromatic carbocycles. The summed E-state index contributed by atoms with van der Waals surface area (Å²) in [4.78, 5) is 14.7. The number of carbonyl (C=O) groups excluding carboxylic acids is 1. The summed E-state index contributed by atoms with van der Waals surface area (Å²) < 4.78 is 30.8. The second-order valence-corrected chi connectivity index (χ2v) is 7.85. The van der Waals surface area contributed by atoms with Crippen molar-refractivity contribution in [1.82, 2.24) is 4.90 Å². The first kappa shape index (κ1) is 23.2. The number of rotatable bonds is 8. The maximum absolute atomic E-state index is 14.9. The van der Waals surface area contributed by atoms with Gasteiger partial charge in [-0.25, -0.2) is 4.39 Å². The van der Waals surface area contributed by atoms with E-state index >= 15 is 0 Å². The van der Waals surface area contributed by atoms with E-state index in [1.54, 1.807) is 69.9 Å². The van der Waals surface area contributed by atoms with Crippen molar-refractivity contribution < 1.29 is 28.5 Å². The molecule has 176 valence electrons. The lowest BCUT2D eigenvalue weighted by Crippen LogP contribution is -2.32. The molecule has 0 aliphatic carbocycles. The Morgan fingerprint density at radius 3 is 2.26 bits per heavy atom. The Morgan fingerprint density at radius 1 is 0.912 bits per heavy atom. The molecule has 0 spiro atoms. The number of nitrogens with zero attached hydrogens (tertiary/aromatic N) is 1. The molecule has 1 aliphatic rings. The zero-order valence-electron chi connectivity index (χ0n) is 19.2. The zero-order chi connectivity index (χ0) is 24.2. The Hall–Kier alpha value is -4.00. The second kappa shape index (κ2) is 9.87. The van der Waals surface area contributed by atoms with Crippen LogP contribution in [0.15, 0.2) is 72.5 Å². The quantitative estimate of drug-likeness (QED) is 0.512. The maximum atomic E-state index is 14.9. The molecule has 0 aromatic heterocycles. The van der Waals surface area contributed by atoms with Gasteiger partial charge in [-0.1, -0.05) is 36.4 Å². The third kappa shape index (κ3) is 4.29.